The minimum Gasteiger partial charge on any atom is -0.441 e. The number of ether oxygens (including phenoxy) is 1. The van der Waals surface area contributed by atoms with E-state index in [1.165, 1.54) is 35.5 Å². The molecule has 1 aliphatic carbocycles. The third kappa shape index (κ3) is 5.93. The van der Waals surface area contributed by atoms with Crippen LogP contribution in [-0.2, 0) is 4.74 Å². The molecular weight excluding hydrogens is 487 g/mol. The van der Waals surface area contributed by atoms with Gasteiger partial charge in [-0.05, 0) is 42.6 Å². The third-order valence-corrected chi connectivity index (χ3v) is 7.10. The molecule has 35 heavy (non-hydrogen) atoms. The molecule has 0 unspecified atom stereocenters. The van der Waals surface area contributed by atoms with E-state index in [1.807, 2.05) is 37.3 Å². The Balaban J connectivity index is 0.00000289. The van der Waals surface area contributed by atoms with Crippen LogP contribution in [0.3, 0.4) is 0 Å². The molecule has 5 rings (SSSR count). The number of benzene rings is 3. The Morgan fingerprint density at radius 1 is 1.00 bits per heavy atom. The third-order valence-electron chi connectivity index (χ3n) is 6.00. The van der Waals surface area contributed by atoms with Crippen LogP contribution < -0.4 is 34.9 Å². The maximum Gasteiger partial charge on any atom is 1.00 e. The molecular formula is C28H24ClN2NaO2S. The largest absolute Gasteiger partial charge is 1.00 e. The van der Waals surface area contributed by atoms with Crippen LogP contribution in [0.25, 0.3) is 22.4 Å². The Morgan fingerprint density at radius 3 is 2.23 bits per heavy atom. The van der Waals surface area contributed by atoms with Crippen LogP contribution in [0.4, 0.5) is 10.5 Å². The molecule has 1 fully saturated rings. The quantitative estimate of drug-likeness (QED) is 0.276. The second kappa shape index (κ2) is 11.2. The van der Waals surface area contributed by atoms with Gasteiger partial charge in [0, 0.05) is 21.0 Å². The molecule has 1 N–H and O–H groups in total. The van der Waals surface area contributed by atoms with Crippen molar-refractivity contribution in [1.29, 1.82) is 0 Å². The molecule has 0 aliphatic heterocycles. The van der Waals surface area contributed by atoms with E-state index in [9.17, 15) is 4.79 Å². The summed E-state index contributed by atoms with van der Waals surface area (Å²) in [6.07, 6.45) is 1.43. The van der Waals surface area contributed by atoms with Gasteiger partial charge in [0.25, 0.3) is 0 Å². The molecule has 3 aromatic carbocycles. The fraction of sp³-hybridized carbons (Fsp3) is 0.179. The number of carbonyl (C=O) groups excluding carboxylic acids is 1. The first kappa shape index (κ1) is 25.8. The molecule has 0 saturated heterocycles. The Bertz CT molecular complexity index is 1320. The van der Waals surface area contributed by atoms with Crippen LogP contribution in [0.2, 0.25) is 5.02 Å². The molecule has 172 valence electrons. The fourth-order valence-electron chi connectivity index (χ4n) is 3.95. The SMILES string of the molecule is Cc1snc(-c2ccc(-c3ccc([C-]4CC4)cc3)cc2)c1NC(=O)O[C@H](C)c1ccccc1Cl.[Na+]. The van der Waals surface area contributed by atoms with Gasteiger partial charge in [0.2, 0.25) is 0 Å². The molecule has 4 nitrogen and oxygen atoms in total. The first-order valence-electron chi connectivity index (χ1n) is 11.2. The number of aryl methyl sites for hydroxylation is 1. The summed E-state index contributed by atoms with van der Waals surface area (Å²) in [4.78, 5) is 13.6. The smallest absolute Gasteiger partial charge is 0.441 e. The van der Waals surface area contributed by atoms with Gasteiger partial charge in [-0.25, -0.2) is 4.79 Å². The zero-order chi connectivity index (χ0) is 23.7. The van der Waals surface area contributed by atoms with Crippen molar-refractivity contribution in [3.8, 4) is 22.4 Å². The van der Waals surface area contributed by atoms with E-state index in [-0.39, 0.29) is 29.6 Å². The fourth-order valence-corrected chi connectivity index (χ4v) is 4.90. The van der Waals surface area contributed by atoms with E-state index in [4.69, 9.17) is 16.3 Å². The molecule has 1 saturated carbocycles. The minimum absolute atomic E-state index is 0. The number of nitrogens with one attached hydrogen (secondary N) is 1. The first-order chi connectivity index (χ1) is 16.5. The van der Waals surface area contributed by atoms with E-state index >= 15 is 0 Å². The maximum absolute atomic E-state index is 12.7. The van der Waals surface area contributed by atoms with Crippen LogP contribution in [0.15, 0.2) is 72.8 Å². The number of amides is 1. The van der Waals surface area contributed by atoms with Crippen LogP contribution in [-0.4, -0.2) is 10.5 Å². The van der Waals surface area contributed by atoms with E-state index in [0.717, 1.165) is 27.3 Å². The van der Waals surface area contributed by atoms with Crippen molar-refractivity contribution in [2.45, 2.75) is 32.8 Å². The van der Waals surface area contributed by atoms with E-state index in [1.54, 1.807) is 18.9 Å². The Labute approximate surface area is 237 Å². The summed E-state index contributed by atoms with van der Waals surface area (Å²) < 4.78 is 10.2. The van der Waals surface area contributed by atoms with Crippen LogP contribution in [0.1, 0.15) is 41.9 Å². The average molecular weight is 511 g/mol. The van der Waals surface area contributed by atoms with Gasteiger partial charge in [-0.15, -0.1) is 12.1 Å². The molecule has 0 bridgehead atoms. The number of rotatable bonds is 6. The van der Waals surface area contributed by atoms with Crippen LogP contribution in [0, 0.1) is 12.8 Å². The van der Waals surface area contributed by atoms with Gasteiger partial charge in [0.15, 0.2) is 0 Å². The standard InChI is InChI=1S/C28H24ClN2O2S.Na/c1-17(24-5-3-4-6-25(24)29)33-28(32)30-26-18(2)34-31-27(26)23-15-13-22(14-16-23)21-11-9-20(10-12-21)19-7-8-19;/h3-6,9-17H,7-8H2,1-2H3,(H,30,32);/q-1;+1/t17-;/m1./s1. The number of halogens is 1. The van der Waals surface area contributed by atoms with Gasteiger partial charge in [-0.1, -0.05) is 66.9 Å². The van der Waals surface area contributed by atoms with Gasteiger partial charge >= 0.3 is 35.7 Å². The number of carbonyl (C=O) groups is 1. The molecule has 1 amide bonds. The zero-order valence-corrected chi connectivity index (χ0v) is 23.5. The molecule has 0 radical (unpaired) electrons. The predicted molar refractivity (Wildman–Crippen MR) is 139 cm³/mol. The summed E-state index contributed by atoms with van der Waals surface area (Å²) in [6.45, 7) is 3.73. The molecule has 0 spiro atoms. The van der Waals surface area contributed by atoms with Gasteiger partial charge in [-0.2, -0.15) is 28.0 Å². The molecule has 1 atom stereocenters. The molecule has 1 aromatic heterocycles. The summed E-state index contributed by atoms with van der Waals surface area (Å²) in [6, 6.07) is 24.3. The number of aromatic nitrogens is 1. The van der Waals surface area contributed by atoms with Gasteiger partial charge in [0.1, 0.15) is 11.8 Å². The van der Waals surface area contributed by atoms with Crippen molar-refractivity contribution in [2.24, 2.45) is 0 Å². The number of anilines is 1. The Kier molecular flexibility index (Phi) is 8.25. The second-order valence-electron chi connectivity index (χ2n) is 8.41. The molecule has 1 heterocycles. The summed E-state index contributed by atoms with van der Waals surface area (Å²) in [5, 5.41) is 3.46. The number of hydrogen-bond acceptors (Lipinski definition) is 4. The van der Waals surface area contributed by atoms with Gasteiger partial charge < -0.3 is 4.74 Å². The summed E-state index contributed by atoms with van der Waals surface area (Å²) in [5.74, 6) is 1.54. The summed E-state index contributed by atoms with van der Waals surface area (Å²) >= 11 is 7.59. The van der Waals surface area contributed by atoms with Crippen molar-refractivity contribution in [1.82, 2.24) is 4.37 Å². The second-order valence-corrected chi connectivity index (χ2v) is 9.80. The van der Waals surface area contributed by atoms with Gasteiger partial charge in [0.05, 0.1) is 5.69 Å². The van der Waals surface area contributed by atoms with E-state index < -0.39 is 12.2 Å². The Morgan fingerprint density at radius 2 is 1.60 bits per heavy atom. The van der Waals surface area contributed by atoms with Crippen LogP contribution >= 0.6 is 23.1 Å². The van der Waals surface area contributed by atoms with Crippen molar-refractivity contribution >= 4 is 34.9 Å². The summed E-state index contributed by atoms with van der Waals surface area (Å²) in [7, 11) is 0. The van der Waals surface area contributed by atoms with E-state index in [2.05, 4.69) is 46.1 Å². The van der Waals surface area contributed by atoms with Crippen LogP contribution in [0.5, 0.6) is 0 Å². The molecule has 7 heteroatoms. The molecule has 4 aromatic rings. The van der Waals surface area contributed by atoms with Crippen molar-refractivity contribution in [3.63, 3.8) is 0 Å². The number of nitrogens with zero attached hydrogens (tertiary/aromatic N) is 1. The van der Waals surface area contributed by atoms with Crippen molar-refractivity contribution in [2.75, 3.05) is 5.32 Å². The Hall–Kier alpha value is -2.28. The average Bonchev–Trinajstić information content (AvgIpc) is 3.64. The monoisotopic (exact) mass is 510 g/mol. The first-order valence-corrected chi connectivity index (χ1v) is 12.4. The topological polar surface area (TPSA) is 51.2 Å². The molecule has 1 aliphatic rings. The normalized spacial score (nSPS) is 13.1. The van der Waals surface area contributed by atoms with E-state index in [0.29, 0.717) is 10.7 Å². The zero-order valence-electron chi connectivity index (χ0n) is 20.0. The van der Waals surface area contributed by atoms with Crippen molar-refractivity contribution in [3.05, 3.63) is 99.7 Å². The van der Waals surface area contributed by atoms with Crippen molar-refractivity contribution < 1.29 is 39.1 Å². The van der Waals surface area contributed by atoms with Gasteiger partial charge in [-0.3, -0.25) is 5.32 Å². The maximum atomic E-state index is 12.7. The minimum atomic E-state index is -0.540. The number of hydrogen-bond donors (Lipinski definition) is 1. The summed E-state index contributed by atoms with van der Waals surface area (Å²) in [5.41, 5.74) is 6.78. The predicted octanol–water partition coefficient (Wildman–Crippen LogP) is 5.47.